The average Bonchev–Trinajstić information content (AvgIpc) is 3.12. The number of phosphoric ester groups is 1. The number of aliphatic hydroxyl groups is 2. The van der Waals surface area contributed by atoms with E-state index in [2.05, 4.69) is 74.6 Å². The van der Waals surface area contributed by atoms with Crippen LogP contribution < -0.4 is 0 Å². The molecule has 0 heterocycles. The van der Waals surface area contributed by atoms with Gasteiger partial charge in [0.2, 0.25) is 0 Å². The highest BCUT2D eigenvalue weighted by atomic mass is 31.2. The van der Waals surface area contributed by atoms with Gasteiger partial charge in [-0.1, -0.05) is 126 Å². The van der Waals surface area contributed by atoms with Crippen LogP contribution in [0.5, 0.6) is 0 Å². The summed E-state index contributed by atoms with van der Waals surface area (Å²) in [5.74, 6) is -0.406. The van der Waals surface area contributed by atoms with Crippen LogP contribution in [-0.4, -0.2) is 66.3 Å². The number of phosphoric acid groups is 1. The minimum atomic E-state index is -4.53. The summed E-state index contributed by atoms with van der Waals surface area (Å²) in [5, 5.41) is 18.3. The second-order valence-corrected chi connectivity index (χ2v) is 14.4. The largest absolute Gasteiger partial charge is 0.472 e. The van der Waals surface area contributed by atoms with Crippen molar-refractivity contribution in [1.29, 1.82) is 0 Å². The molecular formula is C41H73O9P. The van der Waals surface area contributed by atoms with Gasteiger partial charge in [-0.2, -0.15) is 0 Å². The summed E-state index contributed by atoms with van der Waals surface area (Å²) in [5.41, 5.74) is 0. The third-order valence-electron chi connectivity index (χ3n) is 7.94. The lowest BCUT2D eigenvalue weighted by atomic mass is 10.1. The number of aliphatic hydroxyl groups excluding tert-OH is 2. The third kappa shape index (κ3) is 37.7. The number of unbranched alkanes of at least 4 members (excludes halogenated alkanes) is 13. The van der Waals surface area contributed by atoms with E-state index in [0.717, 1.165) is 83.5 Å². The van der Waals surface area contributed by atoms with Crippen LogP contribution in [0, 0.1) is 0 Å². The number of carbonyl (C=O) groups is 1. The fraction of sp³-hybridized carbons (Fsp3) is 0.732. The zero-order valence-electron chi connectivity index (χ0n) is 32.1. The average molecular weight is 741 g/mol. The second kappa shape index (κ2) is 37.9. The monoisotopic (exact) mass is 740 g/mol. The molecule has 3 N–H and O–H groups in total. The molecule has 0 fully saturated rings. The van der Waals surface area contributed by atoms with E-state index in [1.807, 2.05) is 0 Å². The molecule has 296 valence electrons. The standard InChI is InChI=1S/C41H73O9P/c1-3-5-7-9-11-13-15-17-19-20-22-24-26-28-30-32-34-47-37-40(38-49-51(45,46)48-36-39(43)35-42)50-41(44)33-31-29-27-25-23-21-18-16-14-12-10-8-6-4-2/h5,7,11,13,16-19,22,24,39-40,42-43H,3-4,6,8-10,12,14-15,20-21,23,25-38H2,1-2H3,(H,45,46)/b7-5-,13-11-,18-16-,19-17-,24-22-. The molecule has 0 saturated heterocycles. The smallest absolute Gasteiger partial charge is 0.457 e. The van der Waals surface area contributed by atoms with E-state index in [-0.39, 0.29) is 13.0 Å². The Hall–Kier alpha value is -1.84. The highest BCUT2D eigenvalue weighted by Crippen LogP contribution is 2.43. The molecule has 0 rings (SSSR count). The normalized spacial score (nSPS) is 14.8. The van der Waals surface area contributed by atoms with Crippen molar-refractivity contribution < 1.29 is 43.0 Å². The van der Waals surface area contributed by atoms with Crippen LogP contribution in [0.3, 0.4) is 0 Å². The van der Waals surface area contributed by atoms with Crippen LogP contribution in [0.1, 0.15) is 149 Å². The maximum atomic E-state index is 12.6. The van der Waals surface area contributed by atoms with Crippen molar-refractivity contribution in [2.45, 2.75) is 161 Å². The number of hydrogen-bond acceptors (Lipinski definition) is 8. The summed E-state index contributed by atoms with van der Waals surface area (Å²) < 4.78 is 33.2. The molecule has 0 spiro atoms. The van der Waals surface area contributed by atoms with Gasteiger partial charge >= 0.3 is 13.8 Å². The van der Waals surface area contributed by atoms with Crippen molar-refractivity contribution in [1.82, 2.24) is 0 Å². The zero-order chi connectivity index (χ0) is 37.5. The molecule has 0 saturated carbocycles. The number of allylic oxidation sites excluding steroid dienone is 10. The highest BCUT2D eigenvalue weighted by molar-refractivity contribution is 7.47. The molecule has 51 heavy (non-hydrogen) atoms. The van der Waals surface area contributed by atoms with E-state index in [1.165, 1.54) is 38.5 Å². The van der Waals surface area contributed by atoms with Crippen molar-refractivity contribution in [3.05, 3.63) is 60.8 Å². The Morgan fingerprint density at radius 3 is 1.71 bits per heavy atom. The van der Waals surface area contributed by atoms with E-state index in [1.54, 1.807) is 0 Å². The van der Waals surface area contributed by atoms with Crippen molar-refractivity contribution in [3.63, 3.8) is 0 Å². The first kappa shape index (κ1) is 49.2. The number of esters is 1. The molecule has 3 unspecified atom stereocenters. The Balaban J connectivity index is 4.31. The summed E-state index contributed by atoms with van der Waals surface area (Å²) >= 11 is 0. The molecule has 0 amide bonds. The van der Waals surface area contributed by atoms with E-state index in [9.17, 15) is 19.4 Å². The van der Waals surface area contributed by atoms with Gasteiger partial charge in [0.25, 0.3) is 0 Å². The van der Waals surface area contributed by atoms with Crippen LogP contribution in [-0.2, 0) is 27.9 Å². The summed E-state index contributed by atoms with van der Waals surface area (Å²) in [6.07, 6.45) is 41.8. The quantitative estimate of drug-likeness (QED) is 0.0246. The fourth-order valence-corrected chi connectivity index (χ4v) is 5.72. The number of ether oxygens (including phenoxy) is 2. The van der Waals surface area contributed by atoms with Crippen LogP contribution >= 0.6 is 7.82 Å². The predicted octanol–water partition coefficient (Wildman–Crippen LogP) is 10.4. The van der Waals surface area contributed by atoms with Gasteiger partial charge in [-0.15, -0.1) is 0 Å². The van der Waals surface area contributed by atoms with Crippen LogP contribution in [0.15, 0.2) is 60.8 Å². The van der Waals surface area contributed by atoms with Crippen LogP contribution in [0.4, 0.5) is 0 Å². The zero-order valence-corrected chi connectivity index (χ0v) is 32.9. The molecule has 0 aliphatic rings. The molecule has 0 aromatic heterocycles. The molecule has 0 aromatic carbocycles. The van der Waals surface area contributed by atoms with E-state index >= 15 is 0 Å². The molecular weight excluding hydrogens is 667 g/mol. The van der Waals surface area contributed by atoms with Crippen LogP contribution in [0.2, 0.25) is 0 Å². The van der Waals surface area contributed by atoms with Crippen molar-refractivity contribution >= 4 is 13.8 Å². The maximum absolute atomic E-state index is 12.6. The van der Waals surface area contributed by atoms with Crippen molar-refractivity contribution in [3.8, 4) is 0 Å². The van der Waals surface area contributed by atoms with Gasteiger partial charge in [0.15, 0.2) is 0 Å². The first-order chi connectivity index (χ1) is 24.8. The Morgan fingerprint density at radius 2 is 1.12 bits per heavy atom. The molecule has 0 aliphatic heterocycles. The molecule has 9 nitrogen and oxygen atoms in total. The molecule has 10 heteroatoms. The topological polar surface area (TPSA) is 132 Å². The van der Waals surface area contributed by atoms with Gasteiger partial charge in [-0.3, -0.25) is 13.8 Å². The second-order valence-electron chi connectivity index (χ2n) is 12.9. The summed E-state index contributed by atoms with van der Waals surface area (Å²) in [6.45, 7) is 3.28. The number of hydrogen-bond donors (Lipinski definition) is 3. The fourth-order valence-electron chi connectivity index (χ4n) is 4.93. The van der Waals surface area contributed by atoms with Gasteiger partial charge in [0, 0.05) is 13.0 Å². The van der Waals surface area contributed by atoms with Gasteiger partial charge in [-0.25, -0.2) is 4.57 Å². The molecule has 3 atom stereocenters. The van der Waals surface area contributed by atoms with Crippen molar-refractivity contribution in [2.75, 3.05) is 33.0 Å². The Kier molecular flexibility index (Phi) is 36.5. The van der Waals surface area contributed by atoms with Gasteiger partial charge < -0.3 is 24.6 Å². The molecule has 0 bridgehead atoms. The lowest BCUT2D eigenvalue weighted by Crippen LogP contribution is -2.29. The van der Waals surface area contributed by atoms with Gasteiger partial charge in [0.1, 0.15) is 12.2 Å². The maximum Gasteiger partial charge on any atom is 0.472 e. The molecule has 0 radical (unpaired) electrons. The SMILES string of the molecule is CC/C=C\C/C=C\C/C=C\C/C=C\CCCCCOCC(COP(=O)(O)OCC(O)CO)OC(=O)CCCCCCC/C=C\CCCCCCC. The summed E-state index contributed by atoms with van der Waals surface area (Å²) in [6, 6.07) is 0. The minimum Gasteiger partial charge on any atom is -0.457 e. The number of carbonyl (C=O) groups excluding carboxylic acids is 1. The Morgan fingerprint density at radius 1 is 0.627 bits per heavy atom. The molecule has 0 aliphatic carbocycles. The van der Waals surface area contributed by atoms with E-state index in [0.29, 0.717) is 13.0 Å². The lowest BCUT2D eigenvalue weighted by Gasteiger charge is -2.20. The van der Waals surface area contributed by atoms with E-state index < -0.39 is 45.8 Å². The Labute approximate surface area is 310 Å². The first-order valence-electron chi connectivity index (χ1n) is 19.8. The van der Waals surface area contributed by atoms with Crippen molar-refractivity contribution in [2.24, 2.45) is 0 Å². The third-order valence-corrected chi connectivity index (χ3v) is 8.89. The van der Waals surface area contributed by atoms with E-state index in [4.69, 9.17) is 23.6 Å². The molecule has 0 aromatic rings. The van der Waals surface area contributed by atoms with Gasteiger partial charge in [-0.05, 0) is 77.0 Å². The Bertz CT molecular complexity index is 976. The number of rotatable bonds is 37. The first-order valence-corrected chi connectivity index (χ1v) is 21.3. The highest BCUT2D eigenvalue weighted by Gasteiger charge is 2.26. The van der Waals surface area contributed by atoms with Gasteiger partial charge in [0.05, 0.1) is 26.4 Å². The summed E-state index contributed by atoms with van der Waals surface area (Å²) in [4.78, 5) is 22.5. The lowest BCUT2D eigenvalue weighted by molar-refractivity contribution is -0.154. The summed E-state index contributed by atoms with van der Waals surface area (Å²) in [7, 11) is -4.53. The predicted molar refractivity (Wildman–Crippen MR) is 210 cm³/mol. The van der Waals surface area contributed by atoms with Crippen LogP contribution in [0.25, 0.3) is 0 Å². The minimum absolute atomic E-state index is 0.0220.